The van der Waals surface area contributed by atoms with Crippen LogP contribution >= 0.6 is 31.9 Å². The first-order chi connectivity index (χ1) is 7.65. The Morgan fingerprint density at radius 3 is 1.38 bits per heavy atom. The Bertz CT molecular complexity index is 207. The zero-order valence-corrected chi connectivity index (χ0v) is 13.4. The summed E-state index contributed by atoms with van der Waals surface area (Å²) in [6, 6.07) is 0. The van der Waals surface area contributed by atoms with Gasteiger partial charge < -0.3 is 0 Å². The highest BCUT2D eigenvalue weighted by molar-refractivity contribution is 9.09. The van der Waals surface area contributed by atoms with Crippen LogP contribution in [0, 0.1) is 11.8 Å². The molecule has 0 aromatic rings. The molecule has 0 amide bonds. The topological polar surface area (TPSA) is 0 Å². The Kier molecular flexibility index (Phi) is 6.98. The van der Waals surface area contributed by atoms with E-state index in [2.05, 4.69) is 70.0 Å². The average Bonchev–Trinajstić information content (AvgIpc) is 2.31. The van der Waals surface area contributed by atoms with E-state index in [4.69, 9.17) is 0 Å². The lowest BCUT2D eigenvalue weighted by Gasteiger charge is -2.20. The summed E-state index contributed by atoms with van der Waals surface area (Å²) < 4.78 is 0. The van der Waals surface area contributed by atoms with Gasteiger partial charge in [-0.2, -0.15) is 0 Å². The number of alkyl halides is 2. The molecule has 0 aromatic carbocycles. The molecule has 2 unspecified atom stereocenters. The minimum atomic E-state index is 0.635. The van der Waals surface area contributed by atoms with E-state index in [9.17, 15) is 0 Å². The molecule has 0 fully saturated rings. The molecule has 1 aliphatic carbocycles. The van der Waals surface area contributed by atoms with Crippen molar-refractivity contribution >= 4 is 31.9 Å². The first-order valence-electron chi connectivity index (χ1n) is 6.30. The Morgan fingerprint density at radius 2 is 1.12 bits per heavy atom. The van der Waals surface area contributed by atoms with Crippen LogP contribution in [0.15, 0.2) is 24.3 Å². The second-order valence-electron chi connectivity index (χ2n) is 4.58. The van der Waals surface area contributed by atoms with Crippen molar-refractivity contribution in [3.63, 3.8) is 0 Å². The van der Waals surface area contributed by atoms with Gasteiger partial charge in [0.2, 0.25) is 0 Å². The lowest BCUT2D eigenvalue weighted by atomic mass is 9.90. The van der Waals surface area contributed by atoms with E-state index >= 15 is 0 Å². The Hall–Kier alpha value is 0.440. The predicted molar refractivity (Wildman–Crippen MR) is 80.5 cm³/mol. The third-order valence-corrected chi connectivity index (χ3v) is 5.20. The normalized spacial score (nSPS) is 28.0. The van der Waals surface area contributed by atoms with E-state index in [1.807, 2.05) is 0 Å². The largest absolute Gasteiger partial charge is 0.0890 e. The predicted octanol–water partition coefficient (Wildman–Crippen LogP) is 5.47. The fourth-order valence-corrected chi connectivity index (χ4v) is 2.80. The lowest BCUT2D eigenvalue weighted by Crippen LogP contribution is -2.10. The summed E-state index contributed by atoms with van der Waals surface area (Å²) in [5.74, 6) is 1.27. The number of allylic oxidation sites excluding steroid dienone is 4. The first-order valence-corrected chi connectivity index (χ1v) is 8.13. The van der Waals surface area contributed by atoms with Gasteiger partial charge in [0.05, 0.1) is 0 Å². The van der Waals surface area contributed by atoms with Gasteiger partial charge in [0.1, 0.15) is 0 Å². The molecule has 0 spiro atoms. The molecular formula is C14H22Br2. The van der Waals surface area contributed by atoms with Crippen molar-refractivity contribution in [1.82, 2.24) is 0 Å². The van der Waals surface area contributed by atoms with E-state index in [1.165, 1.54) is 25.7 Å². The number of hydrogen-bond acceptors (Lipinski definition) is 0. The van der Waals surface area contributed by atoms with Crippen LogP contribution in [0.2, 0.25) is 0 Å². The van der Waals surface area contributed by atoms with Gasteiger partial charge in [-0.05, 0) is 37.5 Å². The Balaban J connectivity index is 2.34. The van der Waals surface area contributed by atoms with Gasteiger partial charge in [0, 0.05) is 9.65 Å². The summed E-state index contributed by atoms with van der Waals surface area (Å²) in [6.45, 7) is 4.46. The Morgan fingerprint density at radius 1 is 0.812 bits per heavy atom. The van der Waals surface area contributed by atoms with E-state index < -0.39 is 0 Å². The molecule has 0 saturated heterocycles. The second kappa shape index (κ2) is 7.71. The van der Waals surface area contributed by atoms with Crippen molar-refractivity contribution in [3.8, 4) is 0 Å². The maximum Gasteiger partial charge on any atom is 0.0151 e. The minimum absolute atomic E-state index is 0.635. The van der Waals surface area contributed by atoms with Crippen LogP contribution in [0.4, 0.5) is 0 Å². The van der Waals surface area contributed by atoms with Crippen LogP contribution in [0.3, 0.4) is 0 Å². The maximum atomic E-state index is 3.70. The highest BCUT2D eigenvalue weighted by atomic mass is 79.9. The number of halogens is 2. The summed E-state index contributed by atoms with van der Waals surface area (Å²) in [6.07, 6.45) is 14.4. The van der Waals surface area contributed by atoms with Crippen LogP contribution in [-0.4, -0.2) is 9.65 Å². The fraction of sp³-hybridized carbons (Fsp3) is 0.714. The van der Waals surface area contributed by atoms with Crippen LogP contribution in [0.25, 0.3) is 0 Å². The van der Waals surface area contributed by atoms with Crippen molar-refractivity contribution in [2.24, 2.45) is 11.8 Å². The zero-order chi connectivity index (χ0) is 12.0. The van der Waals surface area contributed by atoms with Crippen LogP contribution in [0.5, 0.6) is 0 Å². The molecule has 0 bridgehead atoms. The third-order valence-electron chi connectivity index (χ3n) is 3.15. The summed E-state index contributed by atoms with van der Waals surface area (Å²) in [5.41, 5.74) is 0. The number of hydrogen-bond donors (Lipinski definition) is 0. The van der Waals surface area contributed by atoms with Gasteiger partial charge in [-0.1, -0.05) is 70.0 Å². The number of rotatable bonds is 6. The van der Waals surface area contributed by atoms with Crippen molar-refractivity contribution in [2.45, 2.75) is 49.2 Å². The summed E-state index contributed by atoms with van der Waals surface area (Å²) in [5, 5.41) is 0. The smallest absolute Gasteiger partial charge is 0.0151 e. The molecule has 1 aliphatic rings. The lowest BCUT2D eigenvalue weighted by molar-refractivity contribution is 0.613. The summed E-state index contributed by atoms with van der Waals surface area (Å²) >= 11 is 7.41. The monoisotopic (exact) mass is 348 g/mol. The molecule has 2 atom stereocenters. The standard InChI is InChI=1S/C14H22Br2/c1-3-13(15)9-11-5-7-12(8-6-11)10-14(16)4-2/h5-8,11-14H,3-4,9-10H2,1-2H3. The molecule has 0 N–H and O–H groups in total. The van der Waals surface area contributed by atoms with Crippen LogP contribution in [0.1, 0.15) is 39.5 Å². The molecular weight excluding hydrogens is 328 g/mol. The maximum absolute atomic E-state index is 3.70. The SMILES string of the molecule is CCC(Br)CC1C=CC(CC(Br)CC)C=C1. The Labute approximate surface area is 117 Å². The summed E-state index contributed by atoms with van der Waals surface area (Å²) in [7, 11) is 0. The molecule has 0 nitrogen and oxygen atoms in total. The van der Waals surface area contributed by atoms with Gasteiger partial charge >= 0.3 is 0 Å². The van der Waals surface area contributed by atoms with Gasteiger partial charge in [0.25, 0.3) is 0 Å². The van der Waals surface area contributed by atoms with Gasteiger partial charge in [-0.25, -0.2) is 0 Å². The molecule has 16 heavy (non-hydrogen) atoms. The third kappa shape index (κ3) is 5.18. The van der Waals surface area contributed by atoms with Crippen LogP contribution < -0.4 is 0 Å². The van der Waals surface area contributed by atoms with E-state index in [0.717, 1.165) is 0 Å². The quantitative estimate of drug-likeness (QED) is 0.440. The molecule has 92 valence electrons. The average molecular weight is 350 g/mol. The fourth-order valence-electron chi connectivity index (χ4n) is 1.94. The van der Waals surface area contributed by atoms with Gasteiger partial charge in [-0.15, -0.1) is 0 Å². The van der Waals surface area contributed by atoms with Gasteiger partial charge in [-0.3, -0.25) is 0 Å². The molecule has 0 aromatic heterocycles. The van der Waals surface area contributed by atoms with E-state index in [-0.39, 0.29) is 0 Å². The van der Waals surface area contributed by atoms with Crippen molar-refractivity contribution < 1.29 is 0 Å². The van der Waals surface area contributed by atoms with Gasteiger partial charge in [0.15, 0.2) is 0 Å². The van der Waals surface area contributed by atoms with Crippen molar-refractivity contribution in [2.75, 3.05) is 0 Å². The molecule has 1 rings (SSSR count). The second-order valence-corrected chi connectivity index (χ2v) is 7.17. The van der Waals surface area contributed by atoms with Crippen LogP contribution in [-0.2, 0) is 0 Å². The molecule has 0 aliphatic heterocycles. The van der Waals surface area contributed by atoms with Crippen molar-refractivity contribution in [1.29, 1.82) is 0 Å². The first kappa shape index (κ1) is 14.5. The highest BCUT2D eigenvalue weighted by Crippen LogP contribution is 2.26. The highest BCUT2D eigenvalue weighted by Gasteiger charge is 2.14. The molecule has 0 heterocycles. The molecule has 0 saturated carbocycles. The summed E-state index contributed by atoms with van der Waals surface area (Å²) in [4.78, 5) is 1.31. The molecule has 2 heteroatoms. The molecule has 0 radical (unpaired) electrons. The minimum Gasteiger partial charge on any atom is -0.0890 e. The zero-order valence-electron chi connectivity index (χ0n) is 10.2. The van der Waals surface area contributed by atoms with E-state index in [0.29, 0.717) is 21.5 Å². The van der Waals surface area contributed by atoms with Crippen molar-refractivity contribution in [3.05, 3.63) is 24.3 Å². The van der Waals surface area contributed by atoms with E-state index in [1.54, 1.807) is 0 Å².